The highest BCUT2D eigenvalue weighted by Gasteiger charge is 2.33. The van der Waals surface area contributed by atoms with E-state index < -0.39 is 11.7 Å². The van der Waals surface area contributed by atoms with Crippen molar-refractivity contribution in [2.24, 2.45) is 0 Å². The molecule has 34 heavy (non-hydrogen) atoms. The topological polar surface area (TPSA) is 64.6 Å². The summed E-state index contributed by atoms with van der Waals surface area (Å²) in [5.41, 5.74) is 0.179. The van der Waals surface area contributed by atoms with E-state index in [1.807, 2.05) is 6.92 Å². The van der Waals surface area contributed by atoms with E-state index in [0.29, 0.717) is 19.6 Å². The lowest BCUT2D eigenvalue weighted by molar-refractivity contribution is -0.138. The van der Waals surface area contributed by atoms with E-state index in [1.54, 1.807) is 21.9 Å². The summed E-state index contributed by atoms with van der Waals surface area (Å²) < 4.78 is 51.3. The van der Waals surface area contributed by atoms with Crippen LogP contribution in [0.2, 0.25) is 0 Å². The lowest BCUT2D eigenvalue weighted by atomic mass is 10.0. The van der Waals surface area contributed by atoms with Crippen LogP contribution in [0.4, 0.5) is 28.3 Å². The van der Waals surface area contributed by atoms with Crippen molar-refractivity contribution < 1.29 is 22.4 Å². The van der Waals surface area contributed by atoms with Gasteiger partial charge in [-0.3, -0.25) is 4.90 Å². The summed E-state index contributed by atoms with van der Waals surface area (Å²) in [5, 5.41) is 3.13. The highest BCUT2D eigenvalue weighted by Crippen LogP contribution is 2.28. The summed E-state index contributed by atoms with van der Waals surface area (Å²) >= 11 is 0. The number of hydrogen-bond donors (Lipinski definition) is 1. The summed E-state index contributed by atoms with van der Waals surface area (Å²) in [5.74, 6) is -0.0134. The van der Waals surface area contributed by atoms with Gasteiger partial charge in [0, 0.05) is 63.7 Å². The third kappa shape index (κ3) is 5.94. The fourth-order valence-corrected chi connectivity index (χ4v) is 4.41. The minimum absolute atomic E-state index is 0.0837. The molecule has 2 aliphatic rings. The zero-order valence-electron chi connectivity index (χ0n) is 18.9. The Labute approximate surface area is 195 Å². The molecular weight excluding hydrogens is 452 g/mol. The third-order valence-corrected chi connectivity index (χ3v) is 6.37. The summed E-state index contributed by atoms with van der Waals surface area (Å²) in [6, 6.07) is 6.33. The third-order valence-electron chi connectivity index (χ3n) is 6.37. The Hall–Kier alpha value is -2.95. The number of carbonyl (C=O) groups is 1. The van der Waals surface area contributed by atoms with Gasteiger partial charge in [-0.15, -0.1) is 0 Å². The SMILES string of the molecule is C[C@@H]1CN(c2ncc(C(F)(F)F)cn2)CCN1C(=O)NC1CCN(Cc2ccc(F)cc2)CC1. The molecule has 0 aliphatic carbocycles. The molecule has 1 aromatic heterocycles. The van der Waals surface area contributed by atoms with E-state index in [0.717, 1.165) is 50.4 Å². The molecule has 0 saturated carbocycles. The zero-order chi connectivity index (χ0) is 24.3. The molecule has 1 aromatic carbocycles. The number of nitrogens with one attached hydrogen (secondary N) is 1. The fourth-order valence-electron chi connectivity index (χ4n) is 4.41. The fraction of sp³-hybridized carbons (Fsp3) is 0.522. The first-order chi connectivity index (χ1) is 16.2. The molecule has 3 heterocycles. The number of urea groups is 1. The van der Waals surface area contributed by atoms with E-state index in [1.165, 1.54) is 12.1 Å². The van der Waals surface area contributed by atoms with Gasteiger partial charge in [-0.05, 0) is 37.5 Å². The number of amides is 2. The van der Waals surface area contributed by atoms with Crippen LogP contribution in [0.5, 0.6) is 0 Å². The molecule has 1 N–H and O–H groups in total. The Morgan fingerprint density at radius 2 is 1.71 bits per heavy atom. The number of anilines is 1. The van der Waals surface area contributed by atoms with Gasteiger partial charge in [-0.1, -0.05) is 12.1 Å². The Morgan fingerprint density at radius 1 is 1.06 bits per heavy atom. The molecule has 184 valence electrons. The highest BCUT2D eigenvalue weighted by molar-refractivity contribution is 5.75. The van der Waals surface area contributed by atoms with Crippen molar-refractivity contribution in [1.82, 2.24) is 25.1 Å². The number of piperidine rings is 1. The van der Waals surface area contributed by atoms with Crippen molar-refractivity contribution in [2.45, 2.75) is 44.6 Å². The van der Waals surface area contributed by atoms with E-state index in [4.69, 9.17) is 0 Å². The maximum Gasteiger partial charge on any atom is 0.419 e. The average Bonchev–Trinajstić information content (AvgIpc) is 2.81. The highest BCUT2D eigenvalue weighted by atomic mass is 19.4. The second-order valence-corrected chi connectivity index (χ2v) is 8.88. The number of aromatic nitrogens is 2. The lowest BCUT2D eigenvalue weighted by Crippen LogP contribution is -2.58. The minimum Gasteiger partial charge on any atom is -0.337 e. The first kappa shape index (κ1) is 24.2. The van der Waals surface area contributed by atoms with Crippen molar-refractivity contribution in [3.63, 3.8) is 0 Å². The normalized spacial score (nSPS) is 20.4. The van der Waals surface area contributed by atoms with Gasteiger partial charge in [0.05, 0.1) is 5.56 Å². The number of nitrogens with zero attached hydrogens (tertiary/aromatic N) is 5. The van der Waals surface area contributed by atoms with Crippen LogP contribution in [0.1, 0.15) is 30.9 Å². The van der Waals surface area contributed by atoms with Gasteiger partial charge in [0.15, 0.2) is 0 Å². The Morgan fingerprint density at radius 3 is 2.29 bits per heavy atom. The second kappa shape index (κ2) is 10.1. The molecule has 2 fully saturated rings. The second-order valence-electron chi connectivity index (χ2n) is 8.88. The summed E-state index contributed by atoms with van der Waals surface area (Å²) in [4.78, 5) is 26.4. The molecule has 2 aliphatic heterocycles. The van der Waals surface area contributed by atoms with Crippen LogP contribution in [0.25, 0.3) is 0 Å². The number of rotatable bonds is 4. The lowest BCUT2D eigenvalue weighted by Gasteiger charge is -2.41. The molecule has 7 nitrogen and oxygen atoms in total. The van der Waals surface area contributed by atoms with Gasteiger partial charge in [0.2, 0.25) is 5.95 Å². The van der Waals surface area contributed by atoms with Gasteiger partial charge in [0.1, 0.15) is 5.82 Å². The van der Waals surface area contributed by atoms with Crippen molar-refractivity contribution in [3.05, 3.63) is 53.6 Å². The number of piperazine rings is 1. The van der Waals surface area contributed by atoms with Gasteiger partial charge in [0.25, 0.3) is 0 Å². The standard InChI is InChI=1S/C23H28F4N6O/c1-16-14-32(21-28-12-18(13-29-21)23(25,26)27)10-11-33(16)22(34)30-20-6-8-31(9-7-20)15-17-2-4-19(24)5-3-17/h2-5,12-13,16,20H,6-11,14-15H2,1H3,(H,30,34)/t16-/m1/s1. The molecular formula is C23H28F4N6O. The van der Waals surface area contributed by atoms with Gasteiger partial charge in [-0.2, -0.15) is 13.2 Å². The zero-order valence-corrected chi connectivity index (χ0v) is 18.9. The summed E-state index contributed by atoms with van der Waals surface area (Å²) in [6.45, 7) is 5.66. The van der Waals surface area contributed by atoms with Gasteiger partial charge in [-0.25, -0.2) is 19.2 Å². The van der Waals surface area contributed by atoms with E-state index in [-0.39, 0.29) is 29.9 Å². The number of likely N-dealkylation sites (tertiary alicyclic amines) is 1. The summed E-state index contributed by atoms with van der Waals surface area (Å²) in [7, 11) is 0. The maximum absolute atomic E-state index is 13.1. The van der Waals surface area contributed by atoms with Crippen molar-refractivity contribution >= 4 is 12.0 Å². The van der Waals surface area contributed by atoms with Crippen LogP contribution in [0.3, 0.4) is 0 Å². The number of hydrogen-bond acceptors (Lipinski definition) is 5. The summed E-state index contributed by atoms with van der Waals surface area (Å²) in [6.07, 6.45) is -1.23. The van der Waals surface area contributed by atoms with E-state index in [9.17, 15) is 22.4 Å². The van der Waals surface area contributed by atoms with Crippen LogP contribution in [-0.2, 0) is 12.7 Å². The Kier molecular flexibility index (Phi) is 7.20. The van der Waals surface area contributed by atoms with Crippen LogP contribution >= 0.6 is 0 Å². The Bertz CT molecular complexity index is 961. The van der Waals surface area contributed by atoms with Gasteiger partial charge < -0.3 is 15.1 Å². The molecule has 2 saturated heterocycles. The molecule has 1 atom stereocenters. The first-order valence-electron chi connectivity index (χ1n) is 11.4. The van der Waals surface area contributed by atoms with Crippen molar-refractivity contribution in [1.29, 1.82) is 0 Å². The van der Waals surface area contributed by atoms with Crippen LogP contribution in [-0.4, -0.2) is 70.6 Å². The smallest absolute Gasteiger partial charge is 0.337 e. The van der Waals surface area contributed by atoms with Crippen molar-refractivity contribution in [2.75, 3.05) is 37.6 Å². The predicted octanol–water partition coefficient (Wildman–Crippen LogP) is 3.52. The molecule has 0 radical (unpaired) electrons. The van der Waals surface area contributed by atoms with Crippen molar-refractivity contribution in [3.8, 4) is 0 Å². The average molecular weight is 481 g/mol. The molecule has 2 aromatic rings. The predicted molar refractivity (Wildman–Crippen MR) is 119 cm³/mol. The van der Waals surface area contributed by atoms with Gasteiger partial charge >= 0.3 is 12.2 Å². The van der Waals surface area contributed by atoms with E-state index >= 15 is 0 Å². The molecule has 4 rings (SSSR count). The molecule has 0 bridgehead atoms. The number of halogens is 4. The number of alkyl halides is 3. The quantitative estimate of drug-likeness (QED) is 0.679. The number of benzene rings is 1. The minimum atomic E-state index is -4.47. The first-order valence-corrected chi connectivity index (χ1v) is 11.4. The van der Waals surface area contributed by atoms with Crippen LogP contribution < -0.4 is 10.2 Å². The molecule has 2 amide bonds. The Balaban J connectivity index is 1.23. The molecule has 0 spiro atoms. The maximum atomic E-state index is 13.1. The van der Waals surface area contributed by atoms with Crippen LogP contribution in [0, 0.1) is 5.82 Å². The monoisotopic (exact) mass is 480 g/mol. The van der Waals surface area contributed by atoms with E-state index in [2.05, 4.69) is 20.2 Å². The molecule has 0 unspecified atom stereocenters. The number of carbonyl (C=O) groups excluding carboxylic acids is 1. The van der Waals surface area contributed by atoms with Crippen LogP contribution in [0.15, 0.2) is 36.7 Å². The largest absolute Gasteiger partial charge is 0.419 e. The molecule has 11 heteroatoms.